The third-order valence-corrected chi connectivity index (χ3v) is 5.51. The summed E-state index contributed by atoms with van der Waals surface area (Å²) in [6.07, 6.45) is 4.47. The quantitative estimate of drug-likeness (QED) is 0.790. The Kier molecular flexibility index (Phi) is 6.27. The van der Waals surface area contributed by atoms with Crippen LogP contribution in [0.4, 0.5) is 5.69 Å². The molecule has 1 amide bonds. The zero-order valence-corrected chi connectivity index (χ0v) is 15.7. The summed E-state index contributed by atoms with van der Waals surface area (Å²) in [7, 11) is 1.35. The van der Waals surface area contributed by atoms with Crippen molar-refractivity contribution in [3.8, 4) is 0 Å². The molecule has 0 unspecified atom stereocenters. The first-order valence-electron chi connectivity index (χ1n) is 9.53. The minimum absolute atomic E-state index is 0.00519. The third kappa shape index (κ3) is 4.62. The van der Waals surface area contributed by atoms with Crippen molar-refractivity contribution in [1.82, 2.24) is 9.80 Å². The van der Waals surface area contributed by atoms with Crippen molar-refractivity contribution in [3.05, 3.63) is 29.8 Å². The van der Waals surface area contributed by atoms with Crippen LogP contribution in [0, 0.1) is 0 Å². The molecule has 1 aromatic carbocycles. The molecule has 3 rings (SSSR count). The highest BCUT2D eigenvalue weighted by molar-refractivity contribution is 5.93. The van der Waals surface area contributed by atoms with E-state index in [9.17, 15) is 9.59 Å². The summed E-state index contributed by atoms with van der Waals surface area (Å²) in [6.45, 7) is 6.50. The van der Waals surface area contributed by atoms with Gasteiger partial charge in [0.15, 0.2) is 0 Å². The van der Waals surface area contributed by atoms with Gasteiger partial charge in [-0.1, -0.05) is 6.42 Å². The number of ether oxygens (including phenoxy) is 1. The summed E-state index contributed by atoms with van der Waals surface area (Å²) in [5, 5.41) is 2.88. The van der Waals surface area contributed by atoms with Crippen molar-refractivity contribution < 1.29 is 14.3 Å². The summed E-state index contributed by atoms with van der Waals surface area (Å²) >= 11 is 0. The Morgan fingerprint density at radius 3 is 2.58 bits per heavy atom. The molecule has 1 atom stereocenters. The molecule has 142 valence electrons. The van der Waals surface area contributed by atoms with E-state index in [0.29, 0.717) is 29.8 Å². The van der Waals surface area contributed by atoms with Gasteiger partial charge in [-0.05, 0) is 50.6 Å². The van der Waals surface area contributed by atoms with Crippen molar-refractivity contribution in [2.45, 2.75) is 44.7 Å². The maximum absolute atomic E-state index is 12.1. The molecule has 1 N–H and O–H groups in total. The molecule has 0 saturated carbocycles. The average molecular weight is 359 g/mol. The maximum Gasteiger partial charge on any atom is 0.337 e. The second-order valence-corrected chi connectivity index (χ2v) is 7.36. The van der Waals surface area contributed by atoms with Gasteiger partial charge in [-0.15, -0.1) is 0 Å². The maximum atomic E-state index is 12.1. The molecule has 26 heavy (non-hydrogen) atoms. The number of anilines is 1. The number of methoxy groups -OCH3 is 1. The van der Waals surface area contributed by atoms with E-state index in [1.54, 1.807) is 24.3 Å². The Morgan fingerprint density at radius 2 is 1.92 bits per heavy atom. The van der Waals surface area contributed by atoms with Crippen LogP contribution in [0.5, 0.6) is 0 Å². The second-order valence-electron chi connectivity index (χ2n) is 7.36. The molecule has 1 aromatic rings. The number of hydrogen-bond donors (Lipinski definition) is 1. The molecule has 0 aromatic heterocycles. The van der Waals surface area contributed by atoms with Crippen molar-refractivity contribution in [3.63, 3.8) is 0 Å². The van der Waals surface area contributed by atoms with Gasteiger partial charge >= 0.3 is 5.97 Å². The number of piperidine rings is 1. The molecule has 2 heterocycles. The van der Waals surface area contributed by atoms with E-state index in [1.807, 2.05) is 0 Å². The molecule has 0 radical (unpaired) electrons. The van der Waals surface area contributed by atoms with E-state index >= 15 is 0 Å². The fourth-order valence-corrected chi connectivity index (χ4v) is 3.89. The molecule has 6 heteroatoms. The van der Waals surface area contributed by atoms with Gasteiger partial charge in [-0.2, -0.15) is 0 Å². The lowest BCUT2D eigenvalue weighted by molar-refractivity contribution is -0.117. The fraction of sp³-hybridized carbons (Fsp3) is 0.600. The van der Waals surface area contributed by atoms with Gasteiger partial charge in [-0.25, -0.2) is 4.79 Å². The zero-order valence-electron chi connectivity index (χ0n) is 15.7. The van der Waals surface area contributed by atoms with Crippen molar-refractivity contribution in [2.75, 3.05) is 38.6 Å². The predicted molar refractivity (Wildman–Crippen MR) is 101 cm³/mol. The zero-order chi connectivity index (χ0) is 18.5. The van der Waals surface area contributed by atoms with E-state index in [-0.39, 0.29) is 11.9 Å². The smallest absolute Gasteiger partial charge is 0.337 e. The summed E-state index contributed by atoms with van der Waals surface area (Å²) in [5.41, 5.74) is 1.18. The normalized spacial score (nSPS) is 21.8. The van der Waals surface area contributed by atoms with Crippen LogP contribution in [0.15, 0.2) is 24.3 Å². The number of hydrogen-bond acceptors (Lipinski definition) is 5. The minimum atomic E-state index is -0.377. The Balaban J connectivity index is 1.37. The number of benzene rings is 1. The number of carbonyl (C=O) groups excluding carboxylic acids is 2. The standard InChI is InChI=1S/C20H29N3O3/c1-15-5-3-4-11-23(15)18-13-22(14-18)12-10-19(24)21-17-8-6-16(7-9-17)20(25)26-2/h6-9,15,18H,3-5,10-14H2,1-2H3,(H,21,24)/t15-/m1/s1. The predicted octanol–water partition coefficient (Wildman–Crippen LogP) is 2.36. The van der Waals surface area contributed by atoms with Crippen molar-refractivity contribution in [2.24, 2.45) is 0 Å². The van der Waals surface area contributed by atoms with E-state index in [0.717, 1.165) is 19.6 Å². The minimum Gasteiger partial charge on any atom is -0.465 e. The first kappa shape index (κ1) is 18.9. The highest BCUT2D eigenvalue weighted by atomic mass is 16.5. The van der Waals surface area contributed by atoms with Gasteiger partial charge in [0.2, 0.25) is 5.91 Å². The van der Waals surface area contributed by atoms with Crippen molar-refractivity contribution >= 4 is 17.6 Å². The van der Waals surface area contributed by atoms with Crippen LogP contribution in [0.1, 0.15) is 43.0 Å². The number of carbonyl (C=O) groups is 2. The van der Waals surface area contributed by atoms with Crippen LogP contribution < -0.4 is 5.32 Å². The van der Waals surface area contributed by atoms with Crippen LogP contribution in [-0.2, 0) is 9.53 Å². The van der Waals surface area contributed by atoms with Gasteiger partial charge in [0.1, 0.15) is 0 Å². The molecule has 0 bridgehead atoms. The van der Waals surface area contributed by atoms with Crippen LogP contribution in [0.25, 0.3) is 0 Å². The van der Waals surface area contributed by atoms with Crippen LogP contribution in [0.3, 0.4) is 0 Å². The van der Waals surface area contributed by atoms with Gasteiger partial charge in [-0.3, -0.25) is 14.6 Å². The summed E-state index contributed by atoms with van der Waals surface area (Å²) in [5.74, 6) is -0.371. The van der Waals surface area contributed by atoms with E-state index in [2.05, 4.69) is 26.8 Å². The topological polar surface area (TPSA) is 61.9 Å². The number of amides is 1. The first-order chi connectivity index (χ1) is 12.6. The molecule has 2 aliphatic heterocycles. The highest BCUT2D eigenvalue weighted by Crippen LogP contribution is 2.24. The molecule has 2 aliphatic rings. The number of esters is 1. The van der Waals surface area contributed by atoms with Crippen molar-refractivity contribution in [1.29, 1.82) is 0 Å². The third-order valence-electron chi connectivity index (χ3n) is 5.51. The van der Waals surface area contributed by atoms with E-state index in [1.165, 1.54) is 32.9 Å². The first-order valence-corrected chi connectivity index (χ1v) is 9.53. The summed E-state index contributed by atoms with van der Waals surface area (Å²) in [6, 6.07) is 8.12. The average Bonchev–Trinajstić information content (AvgIpc) is 2.61. The molecule has 0 aliphatic carbocycles. The van der Waals surface area contributed by atoms with E-state index < -0.39 is 0 Å². The molecule has 0 spiro atoms. The number of nitrogens with zero attached hydrogens (tertiary/aromatic N) is 2. The van der Waals surface area contributed by atoms with Crippen LogP contribution in [-0.4, -0.2) is 67.0 Å². The van der Waals surface area contributed by atoms with Gasteiger partial charge in [0.05, 0.1) is 12.7 Å². The SMILES string of the molecule is COC(=O)c1ccc(NC(=O)CCN2CC(N3CCCC[C@H]3C)C2)cc1. The second kappa shape index (κ2) is 8.64. The molecule has 2 fully saturated rings. The summed E-state index contributed by atoms with van der Waals surface area (Å²) in [4.78, 5) is 28.5. The molecule has 6 nitrogen and oxygen atoms in total. The number of rotatable bonds is 6. The Hall–Kier alpha value is -1.92. The lowest BCUT2D eigenvalue weighted by Crippen LogP contribution is -2.62. The highest BCUT2D eigenvalue weighted by Gasteiger charge is 2.34. The largest absolute Gasteiger partial charge is 0.465 e. The Bertz CT molecular complexity index is 626. The fourth-order valence-electron chi connectivity index (χ4n) is 3.89. The number of likely N-dealkylation sites (tertiary alicyclic amines) is 2. The van der Waals surface area contributed by atoms with Gasteiger partial charge in [0, 0.05) is 43.8 Å². The Morgan fingerprint density at radius 1 is 1.19 bits per heavy atom. The van der Waals surface area contributed by atoms with Crippen LogP contribution in [0.2, 0.25) is 0 Å². The molecule has 2 saturated heterocycles. The number of nitrogens with one attached hydrogen (secondary N) is 1. The van der Waals surface area contributed by atoms with Gasteiger partial charge < -0.3 is 10.1 Å². The summed E-state index contributed by atoms with van der Waals surface area (Å²) < 4.78 is 4.66. The van der Waals surface area contributed by atoms with Crippen LogP contribution >= 0.6 is 0 Å². The Labute approximate surface area is 155 Å². The van der Waals surface area contributed by atoms with Gasteiger partial charge in [0.25, 0.3) is 0 Å². The molecular weight excluding hydrogens is 330 g/mol. The van der Waals surface area contributed by atoms with E-state index in [4.69, 9.17) is 0 Å². The lowest BCUT2D eigenvalue weighted by Gasteiger charge is -2.49. The monoisotopic (exact) mass is 359 g/mol. The lowest BCUT2D eigenvalue weighted by atomic mass is 9.97. The molecular formula is C20H29N3O3.